The number of fused-ring (bicyclic) bond motifs is 2. The number of nitrogens with one attached hydrogen (secondary N) is 1. The number of rotatable bonds is 14. The van der Waals surface area contributed by atoms with E-state index in [0.717, 1.165) is 129 Å². The van der Waals surface area contributed by atoms with E-state index in [4.69, 9.17) is 24.5 Å². The summed E-state index contributed by atoms with van der Waals surface area (Å²) in [6, 6.07) is 33.1. The Labute approximate surface area is 499 Å². The summed E-state index contributed by atoms with van der Waals surface area (Å²) in [5, 5.41) is 16.8. The van der Waals surface area contributed by atoms with Crippen LogP contribution in [0.2, 0.25) is 0 Å². The number of carboxylic acids is 1. The molecule has 2 aliphatic carbocycles. The van der Waals surface area contributed by atoms with Crippen molar-refractivity contribution in [3.8, 4) is 0 Å². The standard InChI is InChI=1S/C64H78N8O7.C2HF3O2/c1-46-39-47(40-50-43-65-72(57(46)50)45-79-61(76)64(29-15-6-16-30-64)52-20-9-4-10-21-52)41-55(59(74)69-37-35-68(36-38-69)53-25-31-67(2)32-26-53)66-62(77)70-33-23-48(24-34-70)54-42-49-17-11-12-22-56(49)71(58(54)73)44-78-60(75)63(27-13-5-14-28-63)51-18-7-3-8-19-51;3-2(4,5)1(6)7/h3-4,7-12,17-22,39-40,42-43,48,53,55H,5-6,13-16,23-38,41,44-45H2,1-2H3,(H,66,77);(H,6,7). The fraction of sp³-hybridized carbons (Fsp3) is 0.500. The molecule has 0 radical (unpaired) electrons. The number of carbonyl (C=O) groups excluding carboxylic acids is 4. The van der Waals surface area contributed by atoms with E-state index in [2.05, 4.69) is 28.2 Å². The molecule has 5 heterocycles. The number of aromatic nitrogens is 3. The van der Waals surface area contributed by atoms with Crippen LogP contribution in [0.15, 0.2) is 114 Å². The van der Waals surface area contributed by atoms with Crippen molar-refractivity contribution in [2.45, 2.75) is 152 Å². The first-order chi connectivity index (χ1) is 41.4. The molecule has 3 amide bonds. The average molecular weight is 1190 g/mol. The largest absolute Gasteiger partial charge is 0.490 e. The third kappa shape index (κ3) is 13.7. The number of likely N-dealkylation sites (tertiary alicyclic amines) is 2. The molecule has 2 aromatic heterocycles. The molecule has 3 aliphatic heterocycles. The number of halogens is 3. The Hall–Kier alpha value is -7.58. The van der Waals surface area contributed by atoms with E-state index in [0.29, 0.717) is 69.0 Å². The minimum Gasteiger partial charge on any atom is -0.475 e. The van der Waals surface area contributed by atoms with E-state index in [1.165, 1.54) is 0 Å². The third-order valence-electron chi connectivity index (χ3n) is 18.8. The number of carbonyl (C=O) groups is 5. The van der Waals surface area contributed by atoms with Crippen LogP contribution in [0.3, 0.4) is 0 Å². The Balaban J connectivity index is 0.00000110. The van der Waals surface area contributed by atoms with Crippen molar-refractivity contribution in [1.82, 2.24) is 39.3 Å². The van der Waals surface area contributed by atoms with Gasteiger partial charge in [-0.3, -0.25) is 28.6 Å². The topological polar surface area (TPSA) is 189 Å². The summed E-state index contributed by atoms with van der Waals surface area (Å²) in [7, 11) is 2.17. The molecular weight excluding hydrogens is 1110 g/mol. The number of alkyl halides is 3. The SMILES string of the molecule is Cc1cc(CC(NC(=O)N2CCC(c3cc4ccccc4n(COC(=O)C4(c5ccccc5)CCCCC4)c3=O)CC2)C(=O)N2CCN(C3CCN(C)CC3)CC2)cc2cnn(COC(=O)C3(c4ccccc4)CCCCC3)c12.O=C(O)C(F)(F)F. The number of para-hydroxylation sites is 1. The first kappa shape index (κ1) is 61.5. The zero-order valence-corrected chi connectivity index (χ0v) is 49.3. The number of hydrogen-bond donors (Lipinski definition) is 2. The number of hydrogen-bond acceptors (Lipinski definition) is 11. The van der Waals surface area contributed by atoms with Gasteiger partial charge in [0.15, 0.2) is 13.5 Å². The number of amides is 3. The molecule has 1 atom stereocenters. The lowest BCUT2D eigenvalue weighted by Crippen LogP contribution is -2.59. The van der Waals surface area contributed by atoms with Crippen LogP contribution >= 0.6 is 0 Å². The Bertz CT molecular complexity index is 3410. The molecular formula is C66H79F3N8O9. The van der Waals surface area contributed by atoms with Crippen LogP contribution in [-0.4, -0.2) is 147 Å². The second kappa shape index (κ2) is 27.0. The molecule has 11 rings (SSSR count). The fourth-order valence-corrected chi connectivity index (χ4v) is 14.0. The maximum atomic E-state index is 14.8. The van der Waals surface area contributed by atoms with Gasteiger partial charge < -0.3 is 34.6 Å². The monoisotopic (exact) mass is 1180 g/mol. The normalized spacial score (nSPS) is 19.3. The Kier molecular flexibility index (Phi) is 19.3. The van der Waals surface area contributed by atoms with E-state index in [-0.39, 0.29) is 55.2 Å². The molecule has 20 heteroatoms. The minimum atomic E-state index is -5.08. The number of aryl methyl sites for hydroxylation is 1. The van der Waals surface area contributed by atoms with Crippen molar-refractivity contribution in [3.63, 3.8) is 0 Å². The predicted molar refractivity (Wildman–Crippen MR) is 319 cm³/mol. The van der Waals surface area contributed by atoms with Gasteiger partial charge in [-0.2, -0.15) is 18.3 Å². The summed E-state index contributed by atoms with van der Waals surface area (Å²) in [6.45, 7) is 7.52. The maximum Gasteiger partial charge on any atom is 0.490 e. The van der Waals surface area contributed by atoms with Crippen LogP contribution in [0, 0.1) is 6.92 Å². The molecule has 6 aromatic rings. The van der Waals surface area contributed by atoms with Gasteiger partial charge in [0.1, 0.15) is 6.04 Å². The number of urea groups is 1. The van der Waals surface area contributed by atoms with E-state index in [9.17, 15) is 37.1 Å². The molecule has 2 saturated carbocycles. The van der Waals surface area contributed by atoms with Crippen molar-refractivity contribution >= 4 is 51.7 Å². The van der Waals surface area contributed by atoms with E-state index in [1.807, 2.05) is 109 Å². The van der Waals surface area contributed by atoms with E-state index >= 15 is 0 Å². The van der Waals surface area contributed by atoms with Crippen LogP contribution in [0.5, 0.6) is 0 Å². The van der Waals surface area contributed by atoms with Gasteiger partial charge >= 0.3 is 30.1 Å². The zero-order chi connectivity index (χ0) is 60.6. The highest BCUT2D eigenvalue weighted by atomic mass is 19.4. The van der Waals surface area contributed by atoms with E-state index in [1.54, 1.807) is 20.3 Å². The number of benzene rings is 4. The molecule has 4 aromatic carbocycles. The third-order valence-corrected chi connectivity index (χ3v) is 18.8. The number of ether oxygens (including phenoxy) is 2. The quantitative estimate of drug-likeness (QED) is 0.0984. The zero-order valence-electron chi connectivity index (χ0n) is 49.3. The molecule has 2 N–H and O–H groups in total. The Morgan fingerprint density at radius 1 is 0.674 bits per heavy atom. The highest BCUT2D eigenvalue weighted by Gasteiger charge is 2.45. The van der Waals surface area contributed by atoms with Gasteiger partial charge in [-0.1, -0.05) is 123 Å². The highest BCUT2D eigenvalue weighted by Crippen LogP contribution is 2.42. The van der Waals surface area contributed by atoms with Crippen molar-refractivity contribution in [2.75, 3.05) is 59.4 Å². The molecule has 5 aliphatic rings. The summed E-state index contributed by atoms with van der Waals surface area (Å²) in [5.74, 6) is -3.50. The molecule has 1 unspecified atom stereocenters. The maximum absolute atomic E-state index is 14.8. The number of pyridine rings is 1. The summed E-state index contributed by atoms with van der Waals surface area (Å²) in [6.07, 6.45) is 9.27. The second-order valence-electron chi connectivity index (χ2n) is 24.2. The van der Waals surface area contributed by atoms with Gasteiger partial charge in [0.05, 0.1) is 28.1 Å². The van der Waals surface area contributed by atoms with Gasteiger partial charge in [0.25, 0.3) is 5.56 Å². The number of aliphatic carboxylic acids is 1. The van der Waals surface area contributed by atoms with Crippen molar-refractivity contribution in [2.24, 2.45) is 0 Å². The molecule has 17 nitrogen and oxygen atoms in total. The highest BCUT2D eigenvalue weighted by molar-refractivity contribution is 5.89. The smallest absolute Gasteiger partial charge is 0.475 e. The molecule has 5 fully saturated rings. The Morgan fingerprint density at radius 3 is 1.79 bits per heavy atom. The molecule has 458 valence electrons. The number of piperidine rings is 2. The molecule has 0 bridgehead atoms. The van der Waals surface area contributed by atoms with Crippen molar-refractivity contribution < 1.29 is 51.7 Å². The Morgan fingerprint density at radius 2 is 1.22 bits per heavy atom. The van der Waals surface area contributed by atoms with Gasteiger partial charge in [0.2, 0.25) is 5.91 Å². The predicted octanol–water partition coefficient (Wildman–Crippen LogP) is 9.84. The molecule has 0 spiro atoms. The lowest BCUT2D eigenvalue weighted by Gasteiger charge is -2.43. The van der Waals surface area contributed by atoms with Gasteiger partial charge in [-0.15, -0.1) is 0 Å². The number of nitrogens with zero attached hydrogens (tertiary/aromatic N) is 7. The average Bonchev–Trinajstić information content (AvgIpc) is 1.38. The molecule has 3 saturated heterocycles. The lowest BCUT2D eigenvalue weighted by molar-refractivity contribution is -0.192. The first-order valence-electron chi connectivity index (χ1n) is 30.5. The van der Waals surface area contributed by atoms with Crippen LogP contribution in [0.1, 0.15) is 124 Å². The van der Waals surface area contributed by atoms with Crippen molar-refractivity contribution in [3.05, 3.63) is 147 Å². The summed E-state index contributed by atoms with van der Waals surface area (Å²) < 4.78 is 47.4. The van der Waals surface area contributed by atoms with Gasteiger partial charge in [-0.05, 0) is 130 Å². The minimum absolute atomic E-state index is 0.0172. The lowest BCUT2D eigenvalue weighted by atomic mass is 9.69. The first-order valence-corrected chi connectivity index (χ1v) is 30.5. The van der Waals surface area contributed by atoms with Crippen LogP contribution in [0.25, 0.3) is 21.8 Å². The summed E-state index contributed by atoms with van der Waals surface area (Å²) in [5.41, 5.74) is 4.37. The second-order valence-corrected chi connectivity index (χ2v) is 24.2. The van der Waals surface area contributed by atoms with Crippen LogP contribution < -0.4 is 10.9 Å². The number of carboxylic acid groups (broad SMARTS) is 1. The summed E-state index contributed by atoms with van der Waals surface area (Å²) in [4.78, 5) is 89.7. The van der Waals surface area contributed by atoms with Crippen LogP contribution in [0.4, 0.5) is 18.0 Å². The molecule has 86 heavy (non-hydrogen) atoms. The fourth-order valence-electron chi connectivity index (χ4n) is 14.0. The van der Waals surface area contributed by atoms with Crippen molar-refractivity contribution in [1.29, 1.82) is 0 Å². The van der Waals surface area contributed by atoms with Crippen LogP contribution in [-0.2, 0) is 59.4 Å². The summed E-state index contributed by atoms with van der Waals surface area (Å²) >= 11 is 0. The van der Waals surface area contributed by atoms with Gasteiger partial charge in [-0.25, -0.2) is 14.3 Å². The van der Waals surface area contributed by atoms with E-state index < -0.39 is 29.0 Å². The number of esters is 2. The number of piperazine rings is 1. The van der Waals surface area contributed by atoms with Gasteiger partial charge in [0, 0.05) is 62.7 Å².